The van der Waals surface area contributed by atoms with Gasteiger partial charge in [0.25, 0.3) is 0 Å². The first kappa shape index (κ1) is 18.6. The van der Waals surface area contributed by atoms with Gasteiger partial charge in [-0.15, -0.1) is 0 Å². The van der Waals surface area contributed by atoms with Crippen LogP contribution in [0.1, 0.15) is 29.5 Å². The molecule has 1 atom stereocenters. The summed E-state index contributed by atoms with van der Waals surface area (Å²) in [6, 6.07) is 9.35. The van der Waals surface area contributed by atoms with Crippen LogP contribution in [0.15, 0.2) is 47.1 Å². The Labute approximate surface area is 165 Å². The molecule has 0 spiro atoms. The number of pyridine rings is 1. The monoisotopic (exact) mass is 394 g/mol. The van der Waals surface area contributed by atoms with Gasteiger partial charge in [0.15, 0.2) is 6.04 Å². The molecule has 3 heterocycles. The normalized spacial score (nSPS) is 13.4. The molecular weight excluding hydrogens is 376 g/mol. The third-order valence-electron chi connectivity index (χ3n) is 4.53. The number of nitrogens with zero attached hydrogens (tertiary/aromatic N) is 3. The third kappa shape index (κ3) is 4.23. The Hall–Kier alpha value is -3.75. The van der Waals surface area contributed by atoms with E-state index in [2.05, 4.69) is 20.4 Å². The highest BCUT2D eigenvalue weighted by molar-refractivity contribution is 5.84. The van der Waals surface area contributed by atoms with Crippen LogP contribution in [0.2, 0.25) is 0 Å². The van der Waals surface area contributed by atoms with E-state index in [-0.39, 0.29) is 18.7 Å². The van der Waals surface area contributed by atoms with Crippen molar-refractivity contribution < 1.29 is 24.0 Å². The van der Waals surface area contributed by atoms with E-state index >= 15 is 0 Å². The summed E-state index contributed by atoms with van der Waals surface area (Å²) in [5, 5.41) is 15.9. The second-order valence-corrected chi connectivity index (χ2v) is 6.53. The number of aromatic nitrogens is 3. The van der Waals surface area contributed by atoms with Gasteiger partial charge >= 0.3 is 5.97 Å². The van der Waals surface area contributed by atoms with Crippen LogP contribution in [0.25, 0.3) is 11.5 Å². The van der Waals surface area contributed by atoms with Gasteiger partial charge in [-0.2, -0.15) is 4.98 Å². The molecule has 2 N–H and O–H groups in total. The Balaban J connectivity index is 1.38. The fourth-order valence-electron chi connectivity index (χ4n) is 3.08. The first-order valence-electron chi connectivity index (χ1n) is 9.12. The maximum Gasteiger partial charge on any atom is 0.330 e. The van der Waals surface area contributed by atoms with E-state index < -0.39 is 17.9 Å². The summed E-state index contributed by atoms with van der Waals surface area (Å²) in [6.45, 7) is 0.577. The molecule has 0 fully saturated rings. The van der Waals surface area contributed by atoms with Crippen molar-refractivity contribution in [2.45, 2.75) is 25.3 Å². The Morgan fingerprint density at radius 2 is 2.14 bits per heavy atom. The Kier molecular flexibility index (Phi) is 5.19. The third-order valence-corrected chi connectivity index (χ3v) is 4.53. The summed E-state index contributed by atoms with van der Waals surface area (Å²) in [5.41, 5.74) is 2.01. The molecule has 1 aromatic carbocycles. The quantitative estimate of drug-likeness (QED) is 0.622. The van der Waals surface area contributed by atoms with Gasteiger partial charge in [0, 0.05) is 25.5 Å². The first-order chi connectivity index (χ1) is 14.1. The van der Waals surface area contributed by atoms with Crippen molar-refractivity contribution >= 4 is 11.9 Å². The second-order valence-electron chi connectivity index (χ2n) is 6.53. The highest BCUT2D eigenvalue weighted by atomic mass is 16.5. The smallest absolute Gasteiger partial charge is 0.330 e. The summed E-state index contributed by atoms with van der Waals surface area (Å²) >= 11 is 0. The van der Waals surface area contributed by atoms with Crippen molar-refractivity contribution in [2.24, 2.45) is 0 Å². The Bertz CT molecular complexity index is 1030. The number of ether oxygens (including phenoxy) is 1. The summed E-state index contributed by atoms with van der Waals surface area (Å²) in [5.74, 6) is -0.185. The lowest BCUT2D eigenvalue weighted by Gasteiger charge is -2.15. The van der Waals surface area contributed by atoms with E-state index in [9.17, 15) is 14.7 Å². The molecule has 9 nitrogen and oxygen atoms in total. The second kappa shape index (κ2) is 8.09. The van der Waals surface area contributed by atoms with Crippen LogP contribution in [0, 0.1) is 0 Å². The molecule has 29 heavy (non-hydrogen) atoms. The number of rotatable bonds is 7. The maximum atomic E-state index is 12.3. The number of aryl methyl sites for hydroxylation is 1. The van der Waals surface area contributed by atoms with Gasteiger partial charge in [0.1, 0.15) is 11.4 Å². The average Bonchev–Trinajstić information content (AvgIpc) is 3.39. The van der Waals surface area contributed by atoms with Crippen molar-refractivity contribution in [1.82, 2.24) is 20.4 Å². The zero-order valence-corrected chi connectivity index (χ0v) is 15.4. The van der Waals surface area contributed by atoms with Gasteiger partial charge in [-0.3, -0.25) is 9.78 Å². The zero-order chi connectivity index (χ0) is 20.2. The van der Waals surface area contributed by atoms with E-state index in [0.29, 0.717) is 23.7 Å². The molecule has 4 rings (SSSR count). The molecule has 1 aliphatic rings. The molecule has 148 valence electrons. The number of carboxylic acid groups (broad SMARTS) is 1. The highest BCUT2D eigenvalue weighted by Gasteiger charge is 2.24. The van der Waals surface area contributed by atoms with Crippen LogP contribution in [-0.2, 0) is 22.4 Å². The number of carboxylic acids is 1. The topological polar surface area (TPSA) is 127 Å². The fourth-order valence-corrected chi connectivity index (χ4v) is 3.08. The molecule has 1 amide bonds. The minimum atomic E-state index is -1.14. The van der Waals surface area contributed by atoms with Gasteiger partial charge < -0.3 is 19.7 Å². The molecule has 0 radical (unpaired) electrons. The first-order valence-corrected chi connectivity index (χ1v) is 9.12. The standard InChI is InChI=1S/C20H18N4O5/c25-16(6-7-17-23-19(24-29-17)14-3-1-2-9-21-14)22-18(20(26)27)13-4-5-15-12(11-13)8-10-28-15/h1-5,9,11,18H,6-8,10H2,(H,22,25)(H,26,27). The molecular formula is C20H18N4O5. The van der Waals surface area contributed by atoms with Crippen LogP contribution in [0.4, 0.5) is 0 Å². The average molecular weight is 394 g/mol. The molecule has 1 aliphatic heterocycles. The van der Waals surface area contributed by atoms with Gasteiger partial charge in [0.05, 0.1) is 6.61 Å². The number of hydrogen-bond acceptors (Lipinski definition) is 7. The lowest BCUT2D eigenvalue weighted by Crippen LogP contribution is -2.33. The van der Waals surface area contributed by atoms with E-state index in [0.717, 1.165) is 17.7 Å². The van der Waals surface area contributed by atoms with Gasteiger partial charge in [-0.25, -0.2) is 4.79 Å². The minimum absolute atomic E-state index is 0.0156. The summed E-state index contributed by atoms with van der Waals surface area (Å²) in [7, 11) is 0. The van der Waals surface area contributed by atoms with Crippen LogP contribution in [-0.4, -0.2) is 38.7 Å². The van der Waals surface area contributed by atoms with E-state index in [1.807, 2.05) is 6.07 Å². The van der Waals surface area contributed by atoms with Gasteiger partial charge in [-0.05, 0) is 35.4 Å². The van der Waals surface area contributed by atoms with Crippen LogP contribution in [0.5, 0.6) is 5.75 Å². The number of carbonyl (C=O) groups is 2. The largest absolute Gasteiger partial charge is 0.493 e. The van der Waals surface area contributed by atoms with E-state index in [4.69, 9.17) is 9.26 Å². The van der Waals surface area contributed by atoms with Crippen molar-refractivity contribution in [2.75, 3.05) is 6.61 Å². The molecule has 0 saturated heterocycles. The maximum absolute atomic E-state index is 12.3. The summed E-state index contributed by atoms with van der Waals surface area (Å²) in [4.78, 5) is 32.3. The van der Waals surface area contributed by atoms with E-state index in [1.165, 1.54) is 0 Å². The molecule has 1 unspecified atom stereocenters. The number of carbonyl (C=O) groups excluding carboxylic acids is 1. The number of amides is 1. The van der Waals surface area contributed by atoms with Crippen molar-refractivity contribution in [3.63, 3.8) is 0 Å². The minimum Gasteiger partial charge on any atom is -0.493 e. The van der Waals surface area contributed by atoms with Crippen LogP contribution >= 0.6 is 0 Å². The number of benzene rings is 1. The van der Waals surface area contributed by atoms with Crippen LogP contribution < -0.4 is 10.1 Å². The van der Waals surface area contributed by atoms with Gasteiger partial charge in [0.2, 0.25) is 17.6 Å². The predicted molar refractivity (Wildman–Crippen MR) is 100 cm³/mol. The van der Waals surface area contributed by atoms with Crippen molar-refractivity contribution in [3.8, 4) is 17.3 Å². The number of nitrogens with one attached hydrogen (secondary N) is 1. The van der Waals surface area contributed by atoms with Crippen molar-refractivity contribution in [3.05, 3.63) is 59.6 Å². The van der Waals surface area contributed by atoms with E-state index in [1.54, 1.807) is 36.5 Å². The Morgan fingerprint density at radius 3 is 2.93 bits per heavy atom. The van der Waals surface area contributed by atoms with Crippen LogP contribution in [0.3, 0.4) is 0 Å². The predicted octanol–water partition coefficient (Wildman–Crippen LogP) is 1.94. The highest BCUT2D eigenvalue weighted by Crippen LogP contribution is 2.28. The number of hydrogen-bond donors (Lipinski definition) is 2. The number of aliphatic carboxylic acids is 1. The van der Waals surface area contributed by atoms with Gasteiger partial charge in [-0.1, -0.05) is 17.3 Å². The lowest BCUT2D eigenvalue weighted by atomic mass is 10.0. The molecule has 2 aromatic heterocycles. The molecule has 3 aromatic rings. The fraction of sp³-hybridized carbons (Fsp3) is 0.250. The molecule has 0 bridgehead atoms. The molecule has 0 saturated carbocycles. The summed E-state index contributed by atoms with van der Waals surface area (Å²) < 4.78 is 10.6. The summed E-state index contributed by atoms with van der Waals surface area (Å²) in [6.07, 6.45) is 2.55. The Morgan fingerprint density at radius 1 is 1.24 bits per heavy atom. The SMILES string of the molecule is O=C(CCc1nc(-c2ccccn2)no1)NC(C(=O)O)c1ccc2c(c1)CCO2. The van der Waals surface area contributed by atoms with Crippen molar-refractivity contribution in [1.29, 1.82) is 0 Å². The molecule has 9 heteroatoms. The molecule has 0 aliphatic carbocycles. The lowest BCUT2D eigenvalue weighted by molar-refractivity contribution is -0.142. The number of fused-ring (bicyclic) bond motifs is 1. The zero-order valence-electron chi connectivity index (χ0n) is 15.4.